The molecule has 2 aromatic carbocycles. The van der Waals surface area contributed by atoms with E-state index < -0.39 is 17.7 Å². The Kier molecular flexibility index (Phi) is 8.35. The zero-order chi connectivity index (χ0) is 24.8. The molecule has 0 unspecified atom stereocenters. The van der Waals surface area contributed by atoms with Gasteiger partial charge in [-0.1, -0.05) is 104 Å². The molecule has 0 N–H and O–H groups in total. The third-order valence-electron chi connectivity index (χ3n) is 3.71. The first-order valence-electron chi connectivity index (χ1n) is 8.18. The molecule has 0 spiro atoms. The van der Waals surface area contributed by atoms with Gasteiger partial charge in [0.25, 0.3) is 0 Å². The molecule has 1 heterocycles. The SMILES string of the molecule is O=S(=O)(Oc1ccc(-c2nc(C(Cl)(Cl)Cl)nc(C(Cl)(Cl)Cl)n2)cc1)c1cc(Cl)c(Cl)cc1Cl. The van der Waals surface area contributed by atoms with Crippen LogP contribution in [-0.4, -0.2) is 23.4 Å². The van der Waals surface area contributed by atoms with Crippen LogP contribution < -0.4 is 4.18 Å². The van der Waals surface area contributed by atoms with Crippen LogP contribution in [-0.2, 0) is 17.7 Å². The van der Waals surface area contributed by atoms with E-state index in [0.29, 0.717) is 5.56 Å². The summed E-state index contributed by atoms with van der Waals surface area (Å²) >= 11 is 52.9. The minimum Gasteiger partial charge on any atom is -0.379 e. The van der Waals surface area contributed by atoms with Gasteiger partial charge >= 0.3 is 10.1 Å². The lowest BCUT2D eigenvalue weighted by atomic mass is 10.2. The predicted octanol–water partition coefficient (Wildman–Crippen LogP) is 7.92. The van der Waals surface area contributed by atoms with Gasteiger partial charge in [0.1, 0.15) is 10.6 Å². The van der Waals surface area contributed by atoms with Crippen LogP contribution in [0.1, 0.15) is 11.6 Å². The summed E-state index contributed by atoms with van der Waals surface area (Å²) in [6.45, 7) is 0. The van der Waals surface area contributed by atoms with Gasteiger partial charge in [-0.2, -0.15) is 8.42 Å². The van der Waals surface area contributed by atoms with Crippen molar-refractivity contribution in [2.75, 3.05) is 0 Å². The van der Waals surface area contributed by atoms with Gasteiger partial charge in [0.05, 0.1) is 15.1 Å². The van der Waals surface area contributed by atoms with Gasteiger partial charge in [0.15, 0.2) is 17.5 Å². The summed E-state index contributed by atoms with van der Waals surface area (Å²) in [5, 5.41) is -0.0848. The highest BCUT2D eigenvalue weighted by Crippen LogP contribution is 2.41. The maximum absolute atomic E-state index is 12.6. The van der Waals surface area contributed by atoms with E-state index in [4.69, 9.17) is 109 Å². The number of aromatic nitrogens is 3. The number of halogens is 9. The quantitative estimate of drug-likeness (QED) is 0.162. The average molecular weight is 651 g/mol. The van der Waals surface area contributed by atoms with Crippen molar-refractivity contribution in [2.24, 2.45) is 0 Å². The number of hydrogen-bond acceptors (Lipinski definition) is 6. The van der Waals surface area contributed by atoms with Gasteiger partial charge in [-0.15, -0.1) is 0 Å². The first kappa shape index (κ1) is 27.4. The predicted molar refractivity (Wildman–Crippen MR) is 133 cm³/mol. The molecule has 0 saturated carbocycles. The average Bonchev–Trinajstić information content (AvgIpc) is 2.69. The largest absolute Gasteiger partial charge is 0.379 e. The van der Waals surface area contributed by atoms with Gasteiger partial charge in [-0.25, -0.2) is 15.0 Å². The summed E-state index contributed by atoms with van der Waals surface area (Å²) < 4.78 is 26.3. The van der Waals surface area contributed by atoms with E-state index in [2.05, 4.69) is 15.0 Å². The normalized spacial score (nSPS) is 12.6. The molecule has 3 rings (SSSR count). The molecule has 0 bridgehead atoms. The number of alkyl halides is 6. The first-order valence-corrected chi connectivity index (χ1v) is 13.0. The maximum atomic E-state index is 12.6. The molecule has 0 amide bonds. The Hall–Kier alpha value is -0.190. The van der Waals surface area contributed by atoms with E-state index in [-0.39, 0.29) is 43.2 Å². The van der Waals surface area contributed by atoms with Crippen molar-refractivity contribution >= 4 is 115 Å². The summed E-state index contributed by atoms with van der Waals surface area (Å²) in [4.78, 5) is 11.7. The van der Waals surface area contributed by atoms with Gasteiger partial charge < -0.3 is 4.18 Å². The van der Waals surface area contributed by atoms with Crippen molar-refractivity contribution in [1.29, 1.82) is 0 Å². The zero-order valence-electron chi connectivity index (χ0n) is 15.3. The fourth-order valence-electron chi connectivity index (χ4n) is 2.29. The maximum Gasteiger partial charge on any atom is 0.340 e. The van der Waals surface area contributed by atoms with Crippen LogP contribution in [0.5, 0.6) is 5.75 Å². The van der Waals surface area contributed by atoms with Crippen LogP contribution in [0.3, 0.4) is 0 Å². The van der Waals surface area contributed by atoms with Crippen LogP contribution >= 0.6 is 104 Å². The Bertz CT molecular complexity index is 1280. The lowest BCUT2D eigenvalue weighted by molar-refractivity contribution is 0.486. The molecular weight excluding hydrogens is 645 g/mol. The summed E-state index contributed by atoms with van der Waals surface area (Å²) in [5.74, 6) is -0.625. The fraction of sp³-hybridized carbons (Fsp3) is 0.118. The second-order valence-electron chi connectivity index (χ2n) is 6.06. The molecule has 0 aliphatic heterocycles. The van der Waals surface area contributed by atoms with Gasteiger partial charge in [-0.3, -0.25) is 0 Å². The second-order valence-corrected chi connectivity index (χ2v) is 13.4. The molecule has 1 aromatic heterocycles. The summed E-state index contributed by atoms with van der Waals surface area (Å²) in [6.07, 6.45) is 0. The van der Waals surface area contributed by atoms with Crippen molar-refractivity contribution in [3.63, 3.8) is 0 Å². The molecule has 0 atom stereocenters. The van der Waals surface area contributed by atoms with Gasteiger partial charge in [-0.05, 0) is 36.4 Å². The molecular formula is C17H6Cl9N3O3S. The highest BCUT2D eigenvalue weighted by atomic mass is 35.6. The van der Waals surface area contributed by atoms with Crippen LogP contribution in [0.2, 0.25) is 15.1 Å². The zero-order valence-corrected chi connectivity index (χ0v) is 23.0. The number of benzene rings is 2. The Morgan fingerprint density at radius 3 is 1.67 bits per heavy atom. The van der Waals surface area contributed by atoms with Crippen molar-refractivity contribution in [3.8, 4) is 17.1 Å². The van der Waals surface area contributed by atoms with E-state index in [1.165, 1.54) is 30.3 Å². The number of nitrogens with zero attached hydrogens (tertiary/aromatic N) is 3. The Labute approximate surface area is 233 Å². The highest BCUT2D eigenvalue weighted by Gasteiger charge is 2.34. The monoisotopic (exact) mass is 647 g/mol. The van der Waals surface area contributed by atoms with Crippen molar-refractivity contribution in [1.82, 2.24) is 15.0 Å². The molecule has 6 nitrogen and oxygen atoms in total. The molecule has 0 saturated heterocycles. The van der Waals surface area contributed by atoms with Gasteiger partial charge in [0.2, 0.25) is 7.59 Å². The minimum atomic E-state index is -4.33. The fourth-order valence-corrected chi connectivity index (χ4v) is 4.70. The topological polar surface area (TPSA) is 82.0 Å². The molecule has 0 radical (unpaired) electrons. The Morgan fingerprint density at radius 2 is 1.18 bits per heavy atom. The molecule has 176 valence electrons. The molecule has 16 heteroatoms. The molecule has 0 fully saturated rings. The molecule has 0 aliphatic rings. The van der Waals surface area contributed by atoms with Crippen molar-refractivity contribution in [3.05, 3.63) is 63.1 Å². The molecule has 33 heavy (non-hydrogen) atoms. The Balaban J connectivity index is 1.96. The standard InChI is InChI=1S/C17H6Cl9N3O3S/c18-9-5-11(20)12(6-10(9)19)33(30,31)32-8-3-1-7(2-4-8)13-27-14(16(21,22)23)29-15(28-13)17(24,25)26/h1-6H. The smallest absolute Gasteiger partial charge is 0.340 e. The number of hydrogen-bond donors (Lipinski definition) is 0. The van der Waals surface area contributed by atoms with E-state index in [1.807, 2.05) is 0 Å². The lowest BCUT2D eigenvalue weighted by Crippen LogP contribution is -2.16. The lowest BCUT2D eigenvalue weighted by Gasteiger charge is -2.15. The van der Waals surface area contributed by atoms with Crippen molar-refractivity contribution < 1.29 is 12.6 Å². The van der Waals surface area contributed by atoms with E-state index in [9.17, 15) is 8.42 Å². The second kappa shape index (κ2) is 10.1. The van der Waals surface area contributed by atoms with Crippen molar-refractivity contribution in [2.45, 2.75) is 12.5 Å². The molecule has 0 aliphatic carbocycles. The molecule has 3 aromatic rings. The van der Waals surface area contributed by atoms with Crippen LogP contribution in [0.4, 0.5) is 0 Å². The summed E-state index contributed by atoms with van der Waals surface area (Å²) in [6, 6.07) is 7.79. The minimum absolute atomic E-state index is 0.00501. The van der Waals surface area contributed by atoms with E-state index >= 15 is 0 Å². The van der Waals surface area contributed by atoms with Gasteiger partial charge in [0, 0.05) is 5.56 Å². The first-order chi connectivity index (χ1) is 15.1. The third kappa shape index (κ3) is 6.73. The van der Waals surface area contributed by atoms with Crippen LogP contribution in [0.25, 0.3) is 11.4 Å². The highest BCUT2D eigenvalue weighted by molar-refractivity contribution is 7.87. The van der Waals surface area contributed by atoms with E-state index in [1.54, 1.807) is 0 Å². The number of rotatable bonds is 4. The Morgan fingerprint density at radius 1 is 0.697 bits per heavy atom. The summed E-state index contributed by atoms with van der Waals surface area (Å²) in [5.41, 5.74) is 0.348. The summed E-state index contributed by atoms with van der Waals surface area (Å²) in [7, 11) is -4.33. The van der Waals surface area contributed by atoms with E-state index in [0.717, 1.165) is 6.07 Å². The van der Waals surface area contributed by atoms with Crippen LogP contribution in [0, 0.1) is 0 Å². The third-order valence-corrected chi connectivity index (χ3v) is 7.15. The van der Waals surface area contributed by atoms with Crippen LogP contribution in [0.15, 0.2) is 41.3 Å².